The quantitative estimate of drug-likeness (QED) is 0.154. The van der Waals surface area contributed by atoms with Crippen LogP contribution in [0.1, 0.15) is 24.3 Å². The maximum absolute atomic E-state index is 14.3. The molecule has 0 spiro atoms. The molecule has 4 aromatic rings. The van der Waals surface area contributed by atoms with Gasteiger partial charge in [-0.05, 0) is 83.2 Å². The van der Waals surface area contributed by atoms with E-state index in [9.17, 15) is 24.3 Å². The van der Waals surface area contributed by atoms with Crippen molar-refractivity contribution in [2.75, 3.05) is 12.0 Å². The summed E-state index contributed by atoms with van der Waals surface area (Å²) in [6, 6.07) is 19.2. The molecule has 1 aliphatic heterocycles. The van der Waals surface area contributed by atoms with Crippen LogP contribution in [0, 0.1) is 17.8 Å². The Balaban J connectivity index is 1.18. The number of rotatable bonds is 4. The van der Waals surface area contributed by atoms with E-state index in [4.69, 9.17) is 9.15 Å². The van der Waals surface area contributed by atoms with Gasteiger partial charge >= 0.3 is 0 Å². The second kappa shape index (κ2) is 10.5. The predicted molar refractivity (Wildman–Crippen MR) is 171 cm³/mol. The van der Waals surface area contributed by atoms with Crippen molar-refractivity contribution in [3.05, 3.63) is 106 Å². The highest BCUT2D eigenvalue weighted by molar-refractivity contribution is 9.12. The van der Waals surface area contributed by atoms with Crippen molar-refractivity contribution in [1.82, 2.24) is 4.98 Å². The lowest BCUT2D eigenvalue weighted by atomic mass is 9.59. The van der Waals surface area contributed by atoms with Gasteiger partial charge in [-0.25, -0.2) is 4.98 Å². The third kappa shape index (κ3) is 4.09. The highest BCUT2D eigenvalue weighted by Crippen LogP contribution is 2.57. The number of phenols is 1. The molecule has 2 amide bonds. The maximum Gasteiger partial charge on any atom is 0.238 e. The van der Waals surface area contributed by atoms with Crippen LogP contribution < -0.4 is 9.64 Å². The number of para-hydroxylation sites is 2. The van der Waals surface area contributed by atoms with E-state index >= 15 is 0 Å². The Hall–Kier alpha value is -5.09. The number of nitrogens with zero attached hydrogens (tertiary/aromatic N) is 2. The molecule has 9 nitrogen and oxygen atoms in total. The number of aromatic nitrogens is 1. The first-order valence-electron chi connectivity index (χ1n) is 14.9. The number of amides is 2. The van der Waals surface area contributed by atoms with Crippen LogP contribution in [0.2, 0.25) is 0 Å². The molecule has 0 unspecified atom stereocenters. The zero-order valence-electron chi connectivity index (χ0n) is 24.4. The van der Waals surface area contributed by atoms with Gasteiger partial charge in [-0.1, -0.05) is 29.8 Å². The molecule has 1 fully saturated rings. The van der Waals surface area contributed by atoms with Crippen LogP contribution in [0.15, 0.2) is 105 Å². The smallest absolute Gasteiger partial charge is 0.238 e. The number of oxazole rings is 1. The fourth-order valence-corrected chi connectivity index (χ4v) is 7.99. The van der Waals surface area contributed by atoms with E-state index < -0.39 is 23.7 Å². The van der Waals surface area contributed by atoms with Crippen LogP contribution in [0.25, 0.3) is 22.6 Å². The molecule has 1 N–H and O–H groups in total. The molecule has 4 atom stereocenters. The summed E-state index contributed by atoms with van der Waals surface area (Å²) in [6.45, 7) is 0. The first kappa shape index (κ1) is 28.4. The van der Waals surface area contributed by atoms with Crippen molar-refractivity contribution in [2.24, 2.45) is 17.8 Å². The van der Waals surface area contributed by atoms with Gasteiger partial charge in [-0.15, -0.1) is 0 Å². The highest BCUT2D eigenvalue weighted by atomic mass is 79.9. The number of allylic oxidation sites excluding steroid dienone is 6. The molecule has 228 valence electrons. The Morgan fingerprint density at radius 2 is 1.74 bits per heavy atom. The van der Waals surface area contributed by atoms with E-state index in [1.165, 1.54) is 24.2 Å². The van der Waals surface area contributed by atoms with Gasteiger partial charge in [0.15, 0.2) is 17.1 Å². The number of fused-ring (bicyclic) bond motifs is 4. The van der Waals surface area contributed by atoms with Gasteiger partial charge in [0.2, 0.25) is 17.7 Å². The molecule has 1 aromatic heterocycles. The summed E-state index contributed by atoms with van der Waals surface area (Å²) in [5.41, 5.74) is 4.12. The Morgan fingerprint density at radius 1 is 0.957 bits per heavy atom. The number of ether oxygens (including phenoxy) is 1. The fourth-order valence-electron chi connectivity index (χ4n) is 7.54. The van der Waals surface area contributed by atoms with Crippen LogP contribution in [-0.2, 0) is 19.2 Å². The summed E-state index contributed by atoms with van der Waals surface area (Å²) in [4.78, 5) is 60.9. The standard InChI is InChI=1S/C36H25BrN2O7/c1-45-28-8-4-6-25(40)32(28)31-19-13-14-20-29(21(19)15-22-30(31)26(41)16-23(37)33(22)42)36(44)39(35(20)43)18-11-9-17(10-12-18)34-38-24-5-2-3-7-27(24)46-34/h2-13,16,20-21,29,31,40H,14-15H2,1H3/t20-,21+,29-,31-/m0/s1. The third-order valence-corrected chi connectivity index (χ3v) is 10.1. The monoisotopic (exact) mass is 676 g/mol. The number of anilines is 1. The van der Waals surface area contributed by atoms with Crippen LogP contribution in [0.5, 0.6) is 11.5 Å². The van der Waals surface area contributed by atoms with E-state index in [1.54, 1.807) is 36.4 Å². The number of imide groups is 1. The molecule has 4 aliphatic rings. The minimum absolute atomic E-state index is 0.0942. The molecule has 1 saturated heterocycles. The number of methoxy groups -OCH3 is 1. The van der Waals surface area contributed by atoms with Gasteiger partial charge in [0, 0.05) is 34.3 Å². The van der Waals surface area contributed by atoms with Crippen molar-refractivity contribution >= 4 is 56.1 Å². The molecular weight excluding hydrogens is 652 g/mol. The number of carbonyl (C=O) groups excluding carboxylic acids is 4. The summed E-state index contributed by atoms with van der Waals surface area (Å²) in [5, 5.41) is 11.1. The van der Waals surface area contributed by atoms with E-state index in [1.807, 2.05) is 30.3 Å². The van der Waals surface area contributed by atoms with E-state index in [-0.39, 0.29) is 57.6 Å². The summed E-state index contributed by atoms with van der Waals surface area (Å²) >= 11 is 3.24. The van der Waals surface area contributed by atoms with Crippen LogP contribution in [0.4, 0.5) is 5.69 Å². The molecule has 8 rings (SSSR count). The van der Waals surface area contributed by atoms with E-state index in [2.05, 4.69) is 20.9 Å². The lowest BCUT2D eigenvalue weighted by Crippen LogP contribution is -2.39. The van der Waals surface area contributed by atoms with Crippen LogP contribution >= 0.6 is 15.9 Å². The number of Topliss-reactive ketones (excluding diaryl/α,β-unsaturated/α-hetero) is 1. The Labute approximate surface area is 271 Å². The molecule has 46 heavy (non-hydrogen) atoms. The Bertz CT molecular complexity index is 2090. The van der Waals surface area contributed by atoms with Crippen molar-refractivity contribution in [3.8, 4) is 23.0 Å². The maximum atomic E-state index is 14.3. The first-order valence-corrected chi connectivity index (χ1v) is 15.6. The van der Waals surface area contributed by atoms with Crippen molar-refractivity contribution in [3.63, 3.8) is 0 Å². The number of hydrogen-bond acceptors (Lipinski definition) is 8. The van der Waals surface area contributed by atoms with Crippen molar-refractivity contribution in [1.29, 1.82) is 0 Å². The number of halogens is 1. The van der Waals surface area contributed by atoms with Gasteiger partial charge in [0.05, 0.1) is 29.1 Å². The minimum atomic E-state index is -0.827. The largest absolute Gasteiger partial charge is 0.507 e. The second-order valence-corrected chi connectivity index (χ2v) is 12.7. The topological polar surface area (TPSA) is 127 Å². The van der Waals surface area contributed by atoms with Gasteiger partial charge in [-0.3, -0.25) is 24.1 Å². The molecular formula is C36H25BrN2O7. The lowest BCUT2D eigenvalue weighted by Gasteiger charge is -2.42. The zero-order chi connectivity index (χ0) is 31.9. The summed E-state index contributed by atoms with van der Waals surface area (Å²) in [6.07, 6.45) is 3.55. The molecule has 0 saturated carbocycles. The molecule has 3 aromatic carbocycles. The zero-order valence-corrected chi connectivity index (χ0v) is 26.0. The number of ketones is 2. The van der Waals surface area contributed by atoms with Gasteiger partial charge in [-0.2, -0.15) is 0 Å². The number of benzene rings is 3. The third-order valence-electron chi connectivity index (χ3n) is 9.55. The van der Waals surface area contributed by atoms with E-state index in [0.717, 1.165) is 11.1 Å². The van der Waals surface area contributed by atoms with Crippen molar-refractivity contribution in [2.45, 2.75) is 18.8 Å². The minimum Gasteiger partial charge on any atom is -0.507 e. The lowest BCUT2D eigenvalue weighted by molar-refractivity contribution is -0.123. The first-order chi connectivity index (χ1) is 22.3. The molecule has 10 heteroatoms. The fraction of sp³-hybridized carbons (Fsp3) is 0.194. The van der Waals surface area contributed by atoms with Crippen LogP contribution in [0.3, 0.4) is 0 Å². The summed E-state index contributed by atoms with van der Waals surface area (Å²) < 4.78 is 11.6. The summed E-state index contributed by atoms with van der Waals surface area (Å²) in [7, 11) is 1.47. The summed E-state index contributed by atoms with van der Waals surface area (Å²) in [5.74, 6) is -3.48. The molecule has 2 heterocycles. The molecule has 3 aliphatic carbocycles. The number of phenolic OH excluding ortho intramolecular Hbond substituents is 1. The van der Waals surface area contributed by atoms with Gasteiger partial charge in [0.1, 0.15) is 17.0 Å². The predicted octanol–water partition coefficient (Wildman–Crippen LogP) is 6.18. The van der Waals surface area contributed by atoms with E-state index in [0.29, 0.717) is 34.0 Å². The second-order valence-electron chi connectivity index (χ2n) is 11.8. The highest BCUT2D eigenvalue weighted by Gasteiger charge is 2.57. The van der Waals surface area contributed by atoms with Gasteiger partial charge < -0.3 is 14.3 Å². The number of carbonyl (C=O) groups is 4. The SMILES string of the molecule is COc1cccc(O)c1[C@H]1C2=CC[C@@H]3C(=O)N(c4ccc(-c5nc6ccccc6o5)cc4)C(=O)[C@@H]3[C@@H]2CC2=C1C(=O)C=C(Br)C2=O. The average molecular weight is 678 g/mol. The molecule has 0 bridgehead atoms. The average Bonchev–Trinajstić information content (AvgIpc) is 3.61. The van der Waals surface area contributed by atoms with Crippen molar-refractivity contribution < 1.29 is 33.4 Å². The number of aromatic hydroxyl groups is 1. The normalized spacial score (nSPS) is 24.1. The molecule has 0 radical (unpaired) electrons. The van der Waals surface area contributed by atoms with Crippen LogP contribution in [-0.4, -0.2) is 40.6 Å². The Morgan fingerprint density at radius 3 is 2.50 bits per heavy atom. The Kier molecular flexibility index (Phi) is 6.47. The number of hydrogen-bond donors (Lipinski definition) is 1. The van der Waals surface area contributed by atoms with Gasteiger partial charge in [0.25, 0.3) is 0 Å².